The third kappa shape index (κ3) is 6.09. The second kappa shape index (κ2) is 13.2. The summed E-state index contributed by atoms with van der Waals surface area (Å²) in [7, 11) is 3.51. The summed E-state index contributed by atoms with van der Waals surface area (Å²) in [5, 5.41) is 11.1. The Morgan fingerprint density at radius 2 is 1.70 bits per heavy atom. The first-order chi connectivity index (χ1) is 24.1. The van der Waals surface area contributed by atoms with E-state index in [0.717, 1.165) is 58.7 Å². The van der Waals surface area contributed by atoms with Crippen molar-refractivity contribution in [3.8, 4) is 22.8 Å². The number of nitrogens with zero attached hydrogens (tertiary/aromatic N) is 4. The third-order valence-electron chi connectivity index (χ3n) is 9.50. The van der Waals surface area contributed by atoms with Gasteiger partial charge in [0.2, 0.25) is 5.78 Å². The summed E-state index contributed by atoms with van der Waals surface area (Å²) in [6, 6.07) is 17.1. The van der Waals surface area contributed by atoms with E-state index >= 15 is 0 Å². The Kier molecular flexibility index (Phi) is 8.62. The molecule has 2 aromatic heterocycles. The number of urea groups is 1. The summed E-state index contributed by atoms with van der Waals surface area (Å²) in [4.78, 5) is 47.3. The number of amides is 3. The van der Waals surface area contributed by atoms with Crippen LogP contribution in [0, 0.1) is 13.8 Å². The molecular formula is C38H39N7O5. The van der Waals surface area contributed by atoms with Crippen molar-refractivity contribution in [1.82, 2.24) is 24.6 Å². The lowest BCUT2D eigenvalue weighted by atomic mass is 10.0. The van der Waals surface area contributed by atoms with Crippen molar-refractivity contribution < 1.29 is 23.9 Å². The Hall–Kier alpha value is -5.88. The van der Waals surface area contributed by atoms with E-state index < -0.39 is 6.03 Å². The van der Waals surface area contributed by atoms with Crippen LogP contribution in [-0.2, 0) is 7.05 Å². The second-order valence-corrected chi connectivity index (χ2v) is 12.5. The Morgan fingerprint density at radius 1 is 0.980 bits per heavy atom. The topological polar surface area (TPSA) is 134 Å². The van der Waals surface area contributed by atoms with Gasteiger partial charge in [0.05, 0.1) is 24.1 Å². The van der Waals surface area contributed by atoms with Crippen molar-refractivity contribution >= 4 is 46.1 Å². The highest BCUT2D eigenvalue weighted by Gasteiger charge is 2.30. The van der Waals surface area contributed by atoms with Crippen LogP contribution in [0.2, 0.25) is 0 Å². The molecule has 50 heavy (non-hydrogen) atoms. The number of anilines is 2. The van der Waals surface area contributed by atoms with Gasteiger partial charge in [-0.1, -0.05) is 6.92 Å². The monoisotopic (exact) mass is 673 g/mol. The number of methoxy groups -OCH3 is 1. The molecule has 12 heteroatoms. The molecule has 0 unspecified atom stereocenters. The molecule has 0 radical (unpaired) electrons. The summed E-state index contributed by atoms with van der Waals surface area (Å²) >= 11 is 0. The molecule has 7 rings (SSSR count). The lowest BCUT2D eigenvalue weighted by Crippen LogP contribution is -2.48. The van der Waals surface area contributed by atoms with Crippen molar-refractivity contribution in [2.75, 3.05) is 50.5 Å². The maximum atomic E-state index is 13.7. The van der Waals surface area contributed by atoms with Gasteiger partial charge in [-0.25, -0.2) is 4.79 Å². The molecule has 0 spiro atoms. The van der Waals surface area contributed by atoms with Crippen molar-refractivity contribution in [3.05, 3.63) is 94.5 Å². The smallest absolute Gasteiger partial charge is 0.323 e. The Bertz CT molecular complexity index is 2170. The standard InChI is InChI=1S/C38H39N7O5/c1-6-44-15-17-45(18-16-44)37(47)24-7-9-25(10-8-24)39-38(48)40-26-11-14-32-30(19-26)36(46)33(50-32)21-29-28-20-27(49-5)12-13-31(28)41-35(29)34-22(2)42-43(4)23(34)3/h7-14,19-21,41H,6,15-18H2,1-5H3,(H2,39,40,48). The molecule has 1 fully saturated rings. The number of hydrogen-bond donors (Lipinski definition) is 3. The fourth-order valence-electron chi connectivity index (χ4n) is 6.64. The number of allylic oxidation sites excluding steroid dienone is 1. The van der Waals surface area contributed by atoms with Crippen LogP contribution in [0.15, 0.2) is 66.4 Å². The van der Waals surface area contributed by atoms with Crippen LogP contribution in [0.1, 0.15) is 44.6 Å². The SMILES string of the molecule is CCN1CCN(C(=O)c2ccc(NC(=O)Nc3ccc4c(c3)C(=O)C(=Cc3c(-c5c(C)nn(C)c5C)[nH]c5ccc(OC)cc35)O4)cc2)CC1. The molecule has 256 valence electrons. The van der Waals surface area contributed by atoms with Gasteiger partial charge in [0.1, 0.15) is 11.5 Å². The molecule has 0 saturated carbocycles. The summed E-state index contributed by atoms with van der Waals surface area (Å²) < 4.78 is 13.4. The van der Waals surface area contributed by atoms with Gasteiger partial charge in [0, 0.05) is 77.9 Å². The molecule has 3 amide bonds. The summed E-state index contributed by atoms with van der Waals surface area (Å²) in [5.41, 5.74) is 7.12. The van der Waals surface area contributed by atoms with Gasteiger partial charge in [-0.05, 0) is 87.1 Å². The molecule has 0 aliphatic carbocycles. The number of rotatable bonds is 7. The molecule has 2 aliphatic heterocycles. The van der Waals surface area contributed by atoms with E-state index in [1.54, 1.807) is 55.7 Å². The van der Waals surface area contributed by atoms with Crippen LogP contribution in [-0.4, -0.2) is 82.1 Å². The number of aromatic amines is 1. The number of likely N-dealkylation sites (N-methyl/N-ethyl adjacent to an activating group) is 1. The fourth-order valence-corrected chi connectivity index (χ4v) is 6.64. The molecule has 3 N–H and O–H groups in total. The first kappa shape index (κ1) is 32.7. The number of fused-ring (bicyclic) bond motifs is 2. The van der Waals surface area contributed by atoms with Gasteiger partial charge in [-0.2, -0.15) is 5.10 Å². The molecule has 12 nitrogen and oxygen atoms in total. The van der Waals surface area contributed by atoms with Crippen molar-refractivity contribution in [3.63, 3.8) is 0 Å². The summed E-state index contributed by atoms with van der Waals surface area (Å²) in [6.07, 6.45) is 1.75. The maximum Gasteiger partial charge on any atom is 0.323 e. The average Bonchev–Trinajstić information content (AvgIpc) is 3.72. The van der Waals surface area contributed by atoms with Crippen LogP contribution < -0.4 is 20.1 Å². The van der Waals surface area contributed by atoms with Crippen LogP contribution >= 0.6 is 0 Å². The number of piperazine rings is 1. The van der Waals surface area contributed by atoms with Crippen LogP contribution in [0.4, 0.5) is 16.2 Å². The molecule has 0 atom stereocenters. The maximum absolute atomic E-state index is 13.7. The summed E-state index contributed by atoms with van der Waals surface area (Å²) in [6.45, 7) is 10.2. The fraction of sp³-hybridized carbons (Fsp3) is 0.263. The zero-order valence-corrected chi connectivity index (χ0v) is 28.7. The van der Waals surface area contributed by atoms with E-state index in [1.165, 1.54) is 0 Å². The number of ketones is 1. The molecule has 5 aromatic rings. The normalized spacial score (nSPS) is 15.3. The number of Topliss-reactive ketones (excluding diaryl/α,β-unsaturated/α-hetero) is 1. The number of hydrogen-bond acceptors (Lipinski definition) is 7. The highest BCUT2D eigenvalue weighted by atomic mass is 16.5. The number of aryl methyl sites for hydroxylation is 2. The van der Waals surface area contributed by atoms with Crippen molar-refractivity contribution in [2.24, 2.45) is 7.05 Å². The number of nitrogens with one attached hydrogen (secondary N) is 3. The predicted octanol–water partition coefficient (Wildman–Crippen LogP) is 6.23. The Morgan fingerprint density at radius 3 is 2.38 bits per heavy atom. The van der Waals surface area contributed by atoms with E-state index in [-0.39, 0.29) is 17.4 Å². The Balaban J connectivity index is 1.08. The zero-order valence-electron chi connectivity index (χ0n) is 28.7. The van der Waals surface area contributed by atoms with Gasteiger partial charge in [-0.3, -0.25) is 14.3 Å². The van der Waals surface area contributed by atoms with Gasteiger partial charge in [0.15, 0.2) is 5.76 Å². The predicted molar refractivity (Wildman–Crippen MR) is 193 cm³/mol. The zero-order chi connectivity index (χ0) is 35.1. The lowest BCUT2D eigenvalue weighted by molar-refractivity contribution is 0.0643. The van der Waals surface area contributed by atoms with Crippen LogP contribution in [0.5, 0.6) is 11.5 Å². The van der Waals surface area contributed by atoms with Crippen LogP contribution in [0.25, 0.3) is 28.2 Å². The Labute approximate surface area is 289 Å². The minimum atomic E-state index is -0.485. The number of H-pyrrole nitrogens is 1. The second-order valence-electron chi connectivity index (χ2n) is 12.5. The molecular weight excluding hydrogens is 634 g/mol. The largest absolute Gasteiger partial charge is 0.497 e. The molecule has 0 bridgehead atoms. The molecule has 3 aromatic carbocycles. The molecule has 1 saturated heterocycles. The first-order valence-electron chi connectivity index (χ1n) is 16.6. The van der Waals surface area contributed by atoms with E-state index in [9.17, 15) is 14.4 Å². The van der Waals surface area contributed by atoms with E-state index in [0.29, 0.717) is 47.1 Å². The van der Waals surface area contributed by atoms with Crippen molar-refractivity contribution in [1.29, 1.82) is 0 Å². The minimum absolute atomic E-state index is 0.0156. The number of ether oxygens (including phenoxy) is 2. The lowest BCUT2D eigenvalue weighted by Gasteiger charge is -2.34. The van der Waals surface area contributed by atoms with E-state index in [2.05, 4.69) is 32.5 Å². The van der Waals surface area contributed by atoms with Gasteiger partial charge in [-0.15, -0.1) is 0 Å². The average molecular weight is 674 g/mol. The van der Waals surface area contributed by atoms with Crippen LogP contribution in [0.3, 0.4) is 0 Å². The molecule has 2 aliphatic rings. The number of carbonyl (C=O) groups excluding carboxylic acids is 3. The highest BCUT2D eigenvalue weighted by molar-refractivity contribution is 6.16. The minimum Gasteiger partial charge on any atom is -0.497 e. The number of carbonyl (C=O) groups is 3. The van der Waals surface area contributed by atoms with Gasteiger partial charge >= 0.3 is 6.03 Å². The van der Waals surface area contributed by atoms with E-state index in [4.69, 9.17) is 9.47 Å². The number of aromatic nitrogens is 3. The third-order valence-corrected chi connectivity index (χ3v) is 9.50. The van der Waals surface area contributed by atoms with Crippen molar-refractivity contribution in [2.45, 2.75) is 20.8 Å². The van der Waals surface area contributed by atoms with E-state index in [1.807, 2.05) is 48.7 Å². The van der Waals surface area contributed by atoms with Gasteiger partial charge in [0.25, 0.3) is 5.91 Å². The van der Waals surface area contributed by atoms with Gasteiger partial charge < -0.3 is 34.9 Å². The highest BCUT2D eigenvalue weighted by Crippen LogP contribution is 2.39. The first-order valence-corrected chi connectivity index (χ1v) is 16.6. The quantitative estimate of drug-likeness (QED) is 0.174. The number of benzene rings is 3. The summed E-state index contributed by atoms with van der Waals surface area (Å²) in [5.74, 6) is 0.925. The molecule has 4 heterocycles.